The van der Waals surface area contributed by atoms with Crippen molar-refractivity contribution in [2.75, 3.05) is 13.7 Å². The average Bonchev–Trinajstić information content (AvgIpc) is 2.85. The summed E-state index contributed by atoms with van der Waals surface area (Å²) < 4.78 is 15.8. The highest BCUT2D eigenvalue weighted by atomic mass is 16.6. The predicted octanol–water partition coefficient (Wildman–Crippen LogP) is 2.87. The van der Waals surface area contributed by atoms with Crippen molar-refractivity contribution in [3.8, 4) is 11.7 Å². The smallest absolute Gasteiger partial charge is 0.305 e. The van der Waals surface area contributed by atoms with E-state index in [1.54, 1.807) is 13.3 Å². The fourth-order valence-corrected chi connectivity index (χ4v) is 1.70. The number of aromatic nitrogens is 1. The molecule has 0 aliphatic carbocycles. The first-order valence-electron chi connectivity index (χ1n) is 6.02. The number of nitrogens with zero attached hydrogens (tertiary/aromatic N) is 1. The minimum atomic E-state index is 0.484. The van der Waals surface area contributed by atoms with E-state index in [4.69, 9.17) is 13.9 Å². The SMILES string of the molecule is CCOc1cnc(CCc2cccc(OC)c2)o1. The maximum atomic E-state index is 5.44. The monoisotopic (exact) mass is 247 g/mol. The molecule has 0 amide bonds. The first-order valence-corrected chi connectivity index (χ1v) is 6.02. The van der Waals surface area contributed by atoms with Crippen molar-refractivity contribution in [2.24, 2.45) is 0 Å². The zero-order valence-electron chi connectivity index (χ0n) is 10.7. The minimum Gasteiger partial charge on any atom is -0.497 e. The van der Waals surface area contributed by atoms with Crippen LogP contribution in [0.2, 0.25) is 0 Å². The van der Waals surface area contributed by atoms with Crippen LogP contribution in [0.15, 0.2) is 34.9 Å². The summed E-state index contributed by atoms with van der Waals surface area (Å²) in [5.74, 6) is 2.05. The third-order valence-electron chi connectivity index (χ3n) is 2.58. The molecule has 0 saturated carbocycles. The Morgan fingerprint density at radius 3 is 2.94 bits per heavy atom. The van der Waals surface area contributed by atoms with Crippen molar-refractivity contribution >= 4 is 0 Å². The Bertz CT molecular complexity index is 493. The fraction of sp³-hybridized carbons (Fsp3) is 0.357. The molecule has 96 valence electrons. The van der Waals surface area contributed by atoms with Crippen LogP contribution in [-0.4, -0.2) is 18.7 Å². The molecule has 1 aromatic carbocycles. The Morgan fingerprint density at radius 2 is 2.17 bits per heavy atom. The number of hydrogen-bond acceptors (Lipinski definition) is 4. The van der Waals surface area contributed by atoms with Crippen LogP contribution >= 0.6 is 0 Å². The highest BCUT2D eigenvalue weighted by molar-refractivity contribution is 5.28. The van der Waals surface area contributed by atoms with Gasteiger partial charge in [-0.25, -0.2) is 4.98 Å². The molecule has 4 heteroatoms. The zero-order valence-corrected chi connectivity index (χ0v) is 10.7. The number of benzene rings is 1. The Labute approximate surface area is 107 Å². The molecule has 2 rings (SSSR count). The van der Waals surface area contributed by atoms with Crippen molar-refractivity contribution in [3.05, 3.63) is 41.9 Å². The number of rotatable bonds is 6. The van der Waals surface area contributed by atoms with Gasteiger partial charge in [0, 0.05) is 6.42 Å². The first kappa shape index (κ1) is 12.5. The van der Waals surface area contributed by atoms with Gasteiger partial charge in [0.15, 0.2) is 5.89 Å². The van der Waals surface area contributed by atoms with Crippen LogP contribution in [0.4, 0.5) is 0 Å². The van der Waals surface area contributed by atoms with Gasteiger partial charge in [0.25, 0.3) is 0 Å². The molecule has 18 heavy (non-hydrogen) atoms. The molecule has 0 radical (unpaired) electrons. The van der Waals surface area contributed by atoms with Crippen LogP contribution in [0.1, 0.15) is 18.4 Å². The molecule has 4 nitrogen and oxygen atoms in total. The highest BCUT2D eigenvalue weighted by Crippen LogP contribution is 2.17. The van der Waals surface area contributed by atoms with E-state index in [-0.39, 0.29) is 0 Å². The van der Waals surface area contributed by atoms with E-state index in [0.29, 0.717) is 18.4 Å². The summed E-state index contributed by atoms with van der Waals surface area (Å²) in [4.78, 5) is 4.17. The summed E-state index contributed by atoms with van der Waals surface area (Å²) >= 11 is 0. The lowest BCUT2D eigenvalue weighted by molar-refractivity contribution is 0.250. The number of ether oxygens (including phenoxy) is 2. The third kappa shape index (κ3) is 3.26. The molecule has 0 aliphatic rings. The second-order valence-electron chi connectivity index (χ2n) is 3.86. The normalized spacial score (nSPS) is 10.3. The van der Waals surface area contributed by atoms with Crippen LogP contribution in [0, 0.1) is 0 Å². The second-order valence-corrected chi connectivity index (χ2v) is 3.86. The van der Waals surface area contributed by atoms with Gasteiger partial charge in [-0.3, -0.25) is 0 Å². The van der Waals surface area contributed by atoms with Crippen LogP contribution in [0.5, 0.6) is 11.7 Å². The van der Waals surface area contributed by atoms with Gasteiger partial charge in [-0.15, -0.1) is 0 Å². The zero-order chi connectivity index (χ0) is 12.8. The minimum absolute atomic E-state index is 0.484. The molecular weight excluding hydrogens is 230 g/mol. The summed E-state index contributed by atoms with van der Waals surface area (Å²) in [5, 5.41) is 0. The molecule has 0 bridgehead atoms. The Kier molecular flexibility index (Phi) is 4.23. The number of methoxy groups -OCH3 is 1. The first-order chi connectivity index (χ1) is 8.81. The summed E-state index contributed by atoms with van der Waals surface area (Å²) in [6.45, 7) is 2.50. The molecule has 0 spiro atoms. The summed E-state index contributed by atoms with van der Waals surface area (Å²) in [6, 6.07) is 8.00. The van der Waals surface area contributed by atoms with Crippen molar-refractivity contribution in [1.29, 1.82) is 0 Å². The number of hydrogen-bond donors (Lipinski definition) is 0. The van der Waals surface area contributed by atoms with Gasteiger partial charge in [0.1, 0.15) is 11.9 Å². The maximum absolute atomic E-state index is 5.44. The molecule has 0 fully saturated rings. The molecule has 2 aromatic rings. The summed E-state index contributed by atoms with van der Waals surface area (Å²) in [6.07, 6.45) is 3.23. The molecule has 1 heterocycles. The molecule has 0 atom stereocenters. The largest absolute Gasteiger partial charge is 0.497 e. The lowest BCUT2D eigenvalue weighted by atomic mass is 10.1. The molecule has 0 saturated heterocycles. The molecule has 0 N–H and O–H groups in total. The second kappa shape index (κ2) is 6.10. The van der Waals surface area contributed by atoms with Gasteiger partial charge in [0.05, 0.1) is 13.7 Å². The van der Waals surface area contributed by atoms with E-state index in [1.807, 2.05) is 25.1 Å². The van der Waals surface area contributed by atoms with Crippen LogP contribution in [-0.2, 0) is 12.8 Å². The summed E-state index contributed by atoms with van der Waals surface area (Å²) in [5.41, 5.74) is 1.20. The van der Waals surface area contributed by atoms with Gasteiger partial charge in [-0.05, 0) is 31.0 Å². The standard InChI is InChI=1S/C14H17NO3/c1-3-17-14-10-15-13(18-14)8-7-11-5-4-6-12(9-11)16-2/h4-6,9-10H,3,7-8H2,1-2H3. The van der Waals surface area contributed by atoms with E-state index in [9.17, 15) is 0 Å². The topological polar surface area (TPSA) is 44.5 Å². The van der Waals surface area contributed by atoms with E-state index in [1.165, 1.54) is 5.56 Å². The quantitative estimate of drug-likeness (QED) is 0.787. The van der Waals surface area contributed by atoms with E-state index >= 15 is 0 Å². The van der Waals surface area contributed by atoms with Crippen molar-refractivity contribution in [3.63, 3.8) is 0 Å². The Morgan fingerprint density at radius 1 is 1.28 bits per heavy atom. The molecule has 1 aromatic heterocycles. The van der Waals surface area contributed by atoms with Crippen molar-refractivity contribution < 1.29 is 13.9 Å². The van der Waals surface area contributed by atoms with Crippen molar-refractivity contribution in [1.82, 2.24) is 4.98 Å². The van der Waals surface area contributed by atoms with Gasteiger partial charge in [-0.1, -0.05) is 12.1 Å². The van der Waals surface area contributed by atoms with Crippen LogP contribution < -0.4 is 9.47 Å². The fourth-order valence-electron chi connectivity index (χ4n) is 1.70. The van der Waals surface area contributed by atoms with Gasteiger partial charge >= 0.3 is 5.95 Å². The Balaban J connectivity index is 1.93. The third-order valence-corrected chi connectivity index (χ3v) is 2.58. The number of oxazole rings is 1. The van der Waals surface area contributed by atoms with Gasteiger partial charge in [0.2, 0.25) is 0 Å². The van der Waals surface area contributed by atoms with E-state index < -0.39 is 0 Å². The molecular formula is C14H17NO3. The van der Waals surface area contributed by atoms with Gasteiger partial charge < -0.3 is 13.9 Å². The lowest BCUT2D eigenvalue weighted by Gasteiger charge is -2.02. The van der Waals surface area contributed by atoms with Crippen molar-refractivity contribution in [2.45, 2.75) is 19.8 Å². The van der Waals surface area contributed by atoms with E-state index in [2.05, 4.69) is 11.1 Å². The lowest BCUT2D eigenvalue weighted by Crippen LogP contribution is -1.92. The average molecular weight is 247 g/mol. The van der Waals surface area contributed by atoms with Crippen LogP contribution in [0.3, 0.4) is 0 Å². The highest BCUT2D eigenvalue weighted by Gasteiger charge is 2.05. The Hall–Kier alpha value is -1.97. The molecule has 0 unspecified atom stereocenters. The predicted molar refractivity (Wildman–Crippen MR) is 68.1 cm³/mol. The van der Waals surface area contributed by atoms with Gasteiger partial charge in [-0.2, -0.15) is 0 Å². The van der Waals surface area contributed by atoms with Crippen LogP contribution in [0.25, 0.3) is 0 Å². The number of aryl methyl sites for hydroxylation is 2. The maximum Gasteiger partial charge on any atom is 0.305 e. The summed E-state index contributed by atoms with van der Waals surface area (Å²) in [7, 11) is 1.67. The van der Waals surface area contributed by atoms with E-state index in [0.717, 1.165) is 18.6 Å². The molecule has 0 aliphatic heterocycles.